The summed E-state index contributed by atoms with van der Waals surface area (Å²) in [6.07, 6.45) is 0. The Morgan fingerprint density at radius 3 is 2.04 bits per heavy atom. The second-order valence-electron chi connectivity index (χ2n) is 4.85. The van der Waals surface area contributed by atoms with Gasteiger partial charge in [0.15, 0.2) is 0 Å². The number of carbonyl (C=O) groups is 1. The Bertz CT molecular complexity index is 833. The van der Waals surface area contributed by atoms with E-state index < -0.39 is 5.91 Å². The Morgan fingerprint density at radius 1 is 0.913 bits per heavy atom. The van der Waals surface area contributed by atoms with Gasteiger partial charge in [0.25, 0.3) is 0 Å². The molecule has 0 aliphatic carbocycles. The number of nitrogens with zero attached hydrogens (tertiary/aromatic N) is 2. The summed E-state index contributed by atoms with van der Waals surface area (Å²) in [5.41, 5.74) is 4.84. The standard InChI is InChI=1S/C17H14N4O2/c18-21-17(23)16-19-14(11-4-2-1-3-5-11)10-15(20-16)12-6-8-13(22)9-7-12/h1-10,22H,18H2,(H,21,23). The zero-order chi connectivity index (χ0) is 16.2. The van der Waals surface area contributed by atoms with Gasteiger partial charge in [-0.25, -0.2) is 15.8 Å². The van der Waals surface area contributed by atoms with Crippen molar-refractivity contribution in [1.82, 2.24) is 15.4 Å². The van der Waals surface area contributed by atoms with E-state index in [-0.39, 0.29) is 11.6 Å². The molecule has 1 aromatic heterocycles. The number of aromatic hydroxyl groups is 1. The fourth-order valence-corrected chi connectivity index (χ4v) is 2.15. The lowest BCUT2D eigenvalue weighted by atomic mass is 10.1. The molecule has 0 radical (unpaired) electrons. The molecule has 2 aromatic carbocycles. The predicted octanol–water partition coefficient (Wildman–Crippen LogP) is 2.12. The Hall–Kier alpha value is -3.25. The van der Waals surface area contributed by atoms with Gasteiger partial charge >= 0.3 is 5.91 Å². The first-order valence-electron chi connectivity index (χ1n) is 6.92. The van der Waals surface area contributed by atoms with Crippen molar-refractivity contribution in [2.45, 2.75) is 0 Å². The molecule has 0 atom stereocenters. The lowest BCUT2D eigenvalue weighted by Gasteiger charge is -2.08. The fourth-order valence-electron chi connectivity index (χ4n) is 2.15. The van der Waals surface area contributed by atoms with E-state index in [4.69, 9.17) is 5.84 Å². The van der Waals surface area contributed by atoms with E-state index in [2.05, 4.69) is 9.97 Å². The molecule has 1 heterocycles. The van der Waals surface area contributed by atoms with Gasteiger partial charge in [-0.05, 0) is 30.3 Å². The summed E-state index contributed by atoms with van der Waals surface area (Å²) in [5.74, 6) is 4.76. The highest BCUT2D eigenvalue weighted by atomic mass is 16.3. The summed E-state index contributed by atoms with van der Waals surface area (Å²) in [7, 11) is 0. The summed E-state index contributed by atoms with van der Waals surface area (Å²) in [5, 5.41) is 9.40. The minimum absolute atomic E-state index is 0.0167. The minimum Gasteiger partial charge on any atom is -0.508 e. The number of hydrazine groups is 1. The Balaban J connectivity index is 2.15. The van der Waals surface area contributed by atoms with Gasteiger partial charge in [-0.1, -0.05) is 30.3 Å². The first-order valence-corrected chi connectivity index (χ1v) is 6.92. The van der Waals surface area contributed by atoms with Crippen LogP contribution in [-0.4, -0.2) is 21.0 Å². The van der Waals surface area contributed by atoms with Crippen LogP contribution in [0.3, 0.4) is 0 Å². The van der Waals surface area contributed by atoms with E-state index in [1.54, 1.807) is 30.3 Å². The molecule has 0 saturated carbocycles. The number of phenols is 1. The summed E-state index contributed by atoms with van der Waals surface area (Å²) in [4.78, 5) is 20.3. The maximum atomic E-state index is 11.8. The minimum atomic E-state index is -0.567. The molecule has 6 heteroatoms. The quantitative estimate of drug-likeness (QED) is 0.391. The van der Waals surface area contributed by atoms with Gasteiger partial charge in [0.2, 0.25) is 5.82 Å². The average Bonchev–Trinajstić information content (AvgIpc) is 2.62. The summed E-state index contributed by atoms with van der Waals surface area (Å²) < 4.78 is 0. The third-order valence-corrected chi connectivity index (χ3v) is 3.29. The van der Waals surface area contributed by atoms with Crippen molar-refractivity contribution in [1.29, 1.82) is 0 Å². The van der Waals surface area contributed by atoms with E-state index in [9.17, 15) is 9.90 Å². The number of nitrogen functional groups attached to an aromatic ring is 1. The van der Waals surface area contributed by atoms with Crippen molar-refractivity contribution in [2.24, 2.45) is 5.84 Å². The molecule has 6 nitrogen and oxygen atoms in total. The Morgan fingerprint density at radius 2 is 1.48 bits per heavy atom. The van der Waals surface area contributed by atoms with Crippen LogP contribution in [0.2, 0.25) is 0 Å². The number of benzene rings is 2. The topological polar surface area (TPSA) is 101 Å². The van der Waals surface area contributed by atoms with Crippen LogP contribution in [0.5, 0.6) is 5.75 Å². The van der Waals surface area contributed by atoms with Gasteiger partial charge in [0.1, 0.15) is 5.75 Å². The van der Waals surface area contributed by atoms with Gasteiger partial charge < -0.3 is 5.11 Å². The van der Waals surface area contributed by atoms with E-state index in [1.165, 1.54) is 0 Å². The van der Waals surface area contributed by atoms with E-state index >= 15 is 0 Å². The average molecular weight is 306 g/mol. The van der Waals surface area contributed by atoms with Crippen molar-refractivity contribution < 1.29 is 9.90 Å². The van der Waals surface area contributed by atoms with Crippen LogP contribution in [0.25, 0.3) is 22.5 Å². The molecule has 0 bridgehead atoms. The molecular formula is C17H14N4O2. The number of nitrogens with two attached hydrogens (primary N) is 1. The van der Waals surface area contributed by atoms with Crippen LogP contribution in [0, 0.1) is 0 Å². The van der Waals surface area contributed by atoms with Gasteiger partial charge in [-0.3, -0.25) is 10.2 Å². The molecule has 0 spiro atoms. The number of aromatic nitrogens is 2. The van der Waals surface area contributed by atoms with Crippen molar-refractivity contribution in [3.05, 3.63) is 66.5 Å². The number of amides is 1. The normalized spacial score (nSPS) is 10.3. The van der Waals surface area contributed by atoms with E-state index in [0.29, 0.717) is 11.4 Å². The first kappa shape index (κ1) is 14.7. The molecule has 114 valence electrons. The second kappa shape index (κ2) is 6.25. The number of carbonyl (C=O) groups excluding carboxylic acids is 1. The smallest absolute Gasteiger partial charge is 0.302 e. The van der Waals surface area contributed by atoms with Gasteiger partial charge in [-0.2, -0.15) is 0 Å². The van der Waals surface area contributed by atoms with Gasteiger partial charge in [-0.15, -0.1) is 0 Å². The molecule has 3 rings (SSSR count). The van der Waals surface area contributed by atoms with E-state index in [0.717, 1.165) is 11.1 Å². The maximum absolute atomic E-state index is 11.8. The summed E-state index contributed by atoms with van der Waals surface area (Å²) in [6.45, 7) is 0. The summed E-state index contributed by atoms with van der Waals surface area (Å²) in [6, 6.07) is 17.8. The fraction of sp³-hybridized carbons (Fsp3) is 0. The molecule has 0 aliphatic rings. The zero-order valence-electron chi connectivity index (χ0n) is 12.1. The largest absolute Gasteiger partial charge is 0.508 e. The molecule has 3 aromatic rings. The van der Waals surface area contributed by atoms with Gasteiger partial charge in [0.05, 0.1) is 11.4 Å². The van der Waals surface area contributed by atoms with Crippen LogP contribution in [-0.2, 0) is 0 Å². The highest BCUT2D eigenvalue weighted by molar-refractivity contribution is 5.91. The lowest BCUT2D eigenvalue weighted by molar-refractivity contribution is 0.0943. The third-order valence-electron chi connectivity index (χ3n) is 3.29. The number of hydrogen-bond acceptors (Lipinski definition) is 5. The highest BCUT2D eigenvalue weighted by Crippen LogP contribution is 2.25. The van der Waals surface area contributed by atoms with E-state index in [1.807, 2.05) is 35.8 Å². The molecule has 0 fully saturated rings. The van der Waals surface area contributed by atoms with Crippen molar-refractivity contribution in [3.63, 3.8) is 0 Å². The summed E-state index contributed by atoms with van der Waals surface area (Å²) >= 11 is 0. The molecule has 0 saturated heterocycles. The maximum Gasteiger partial charge on any atom is 0.302 e. The van der Waals surface area contributed by atoms with Gasteiger partial charge in [0, 0.05) is 11.1 Å². The molecule has 0 aliphatic heterocycles. The zero-order valence-corrected chi connectivity index (χ0v) is 12.1. The second-order valence-corrected chi connectivity index (χ2v) is 4.85. The van der Waals surface area contributed by atoms with Crippen molar-refractivity contribution >= 4 is 5.91 Å². The van der Waals surface area contributed by atoms with Crippen LogP contribution in [0.4, 0.5) is 0 Å². The lowest BCUT2D eigenvalue weighted by Crippen LogP contribution is -2.31. The number of phenolic OH excluding ortho intramolecular Hbond substituents is 1. The highest BCUT2D eigenvalue weighted by Gasteiger charge is 2.13. The third kappa shape index (κ3) is 3.17. The molecule has 23 heavy (non-hydrogen) atoms. The first-order chi connectivity index (χ1) is 11.2. The Kier molecular flexibility index (Phi) is 3.99. The molecule has 4 N–H and O–H groups in total. The van der Waals surface area contributed by atoms with Crippen LogP contribution in [0.1, 0.15) is 10.6 Å². The molecule has 1 amide bonds. The Labute approximate surface area is 132 Å². The molecule has 0 unspecified atom stereocenters. The van der Waals surface area contributed by atoms with Crippen LogP contribution in [0.15, 0.2) is 60.7 Å². The number of hydrogen-bond donors (Lipinski definition) is 3. The van der Waals surface area contributed by atoms with Crippen LogP contribution < -0.4 is 11.3 Å². The van der Waals surface area contributed by atoms with Crippen LogP contribution >= 0.6 is 0 Å². The van der Waals surface area contributed by atoms with Crippen molar-refractivity contribution in [3.8, 4) is 28.3 Å². The SMILES string of the molecule is NNC(=O)c1nc(-c2ccccc2)cc(-c2ccc(O)cc2)n1. The number of nitrogens with one attached hydrogen (secondary N) is 1. The monoisotopic (exact) mass is 306 g/mol. The van der Waals surface area contributed by atoms with Crippen molar-refractivity contribution in [2.75, 3.05) is 0 Å². The number of rotatable bonds is 3. The predicted molar refractivity (Wildman–Crippen MR) is 86.2 cm³/mol. The molecular weight excluding hydrogens is 292 g/mol.